The van der Waals surface area contributed by atoms with Crippen LogP contribution in [0, 0.1) is 23.2 Å². The number of rotatable bonds is 15. The number of phenolic OH excluding ortho intramolecular Hbond substituents is 1. The summed E-state index contributed by atoms with van der Waals surface area (Å²) in [6.07, 6.45) is 12.1. The number of phenols is 1. The van der Waals surface area contributed by atoms with Crippen molar-refractivity contribution in [3.8, 4) is 16.9 Å². The van der Waals surface area contributed by atoms with Gasteiger partial charge in [-0.3, -0.25) is 4.79 Å². The zero-order valence-corrected chi connectivity index (χ0v) is 29.8. The van der Waals surface area contributed by atoms with Gasteiger partial charge in [-0.05, 0) is 108 Å². The molecule has 3 unspecified atom stereocenters. The Bertz CT molecular complexity index is 1510. The van der Waals surface area contributed by atoms with E-state index in [2.05, 4.69) is 55.1 Å². The van der Waals surface area contributed by atoms with Crippen LogP contribution in [0.2, 0.25) is 0 Å². The topological polar surface area (TPSA) is 60.8 Å². The highest BCUT2D eigenvalue weighted by Crippen LogP contribution is 2.63. The number of carbonyl (C=O) groups is 1. The summed E-state index contributed by atoms with van der Waals surface area (Å²) < 4.78 is 16.2. The van der Waals surface area contributed by atoms with Gasteiger partial charge in [0, 0.05) is 19.0 Å². The van der Waals surface area contributed by atoms with E-state index < -0.39 is 12.3 Å². The summed E-state index contributed by atoms with van der Waals surface area (Å²) in [6.45, 7) is 5.92. The van der Waals surface area contributed by atoms with E-state index >= 15 is 4.39 Å². The minimum Gasteiger partial charge on any atom is -0.508 e. The quantitative estimate of drug-likeness (QED) is 0.159. The Labute approximate surface area is 294 Å². The number of carbonyl (C=O) groups excluding carboxylic acids is 1. The minimum atomic E-state index is -0.989. The lowest BCUT2D eigenvalue weighted by Crippen LogP contribution is -2.51. The Balaban J connectivity index is 1.11. The number of amides is 1. The van der Waals surface area contributed by atoms with Crippen molar-refractivity contribution in [2.75, 3.05) is 13.1 Å². The molecule has 3 aliphatic rings. The molecule has 49 heavy (non-hydrogen) atoms. The fourth-order valence-corrected chi connectivity index (χ4v) is 9.92. The second kappa shape index (κ2) is 16.2. The summed E-state index contributed by atoms with van der Waals surface area (Å²) in [5, 5.41) is 21.3. The molecule has 0 heterocycles. The van der Waals surface area contributed by atoms with E-state index in [4.69, 9.17) is 0 Å². The second-order valence-corrected chi connectivity index (χ2v) is 15.8. The number of alkyl halides is 1. The summed E-state index contributed by atoms with van der Waals surface area (Å²) in [4.78, 5) is 15.9. The van der Waals surface area contributed by atoms with Gasteiger partial charge < -0.3 is 15.1 Å². The van der Waals surface area contributed by atoms with Crippen LogP contribution in [0.1, 0.15) is 114 Å². The first kappa shape index (κ1) is 35.6. The summed E-state index contributed by atoms with van der Waals surface area (Å²) in [5.74, 6) is 1.09. The van der Waals surface area contributed by atoms with Gasteiger partial charge in [-0.25, -0.2) is 4.39 Å². The summed E-state index contributed by atoms with van der Waals surface area (Å²) >= 11 is 0. The Morgan fingerprint density at radius 1 is 0.878 bits per heavy atom. The lowest BCUT2D eigenvalue weighted by atomic mass is 9.51. The number of unbranched alkanes of at least 4 members (excludes halogenated alkanes) is 6. The Kier molecular flexibility index (Phi) is 11.8. The maximum absolute atomic E-state index is 16.2. The van der Waals surface area contributed by atoms with Crippen molar-refractivity contribution in [2.24, 2.45) is 23.2 Å². The third-order valence-electron chi connectivity index (χ3n) is 12.6. The molecule has 5 heteroatoms. The maximum atomic E-state index is 16.2. The van der Waals surface area contributed by atoms with Gasteiger partial charge in [0.1, 0.15) is 11.9 Å². The molecule has 0 saturated heterocycles. The van der Waals surface area contributed by atoms with Gasteiger partial charge in [0.2, 0.25) is 5.91 Å². The highest BCUT2D eigenvalue weighted by atomic mass is 19.1. The molecule has 7 atom stereocenters. The lowest BCUT2D eigenvalue weighted by Gasteiger charge is -2.54. The van der Waals surface area contributed by atoms with Crippen LogP contribution in [0.4, 0.5) is 4.39 Å². The molecule has 264 valence electrons. The van der Waals surface area contributed by atoms with Crippen molar-refractivity contribution in [1.82, 2.24) is 4.90 Å². The van der Waals surface area contributed by atoms with Crippen LogP contribution in [0.3, 0.4) is 0 Å². The molecule has 4 nitrogen and oxygen atoms in total. The van der Waals surface area contributed by atoms with E-state index in [1.807, 2.05) is 30.3 Å². The predicted molar refractivity (Wildman–Crippen MR) is 197 cm³/mol. The number of hydrogen-bond donors (Lipinski definition) is 2. The number of aromatic hydroxyl groups is 1. The Morgan fingerprint density at radius 2 is 1.57 bits per heavy atom. The number of aliphatic hydroxyl groups excluding tert-OH is 1. The van der Waals surface area contributed by atoms with E-state index in [1.54, 1.807) is 6.07 Å². The van der Waals surface area contributed by atoms with Crippen molar-refractivity contribution in [1.29, 1.82) is 0 Å². The number of nitrogens with zero attached hydrogens (tertiary/aromatic N) is 1. The number of benzene rings is 3. The molecule has 3 aliphatic carbocycles. The van der Waals surface area contributed by atoms with E-state index in [0.717, 1.165) is 86.7 Å². The zero-order chi connectivity index (χ0) is 34.4. The molecule has 0 aromatic heterocycles. The average molecular weight is 668 g/mol. The van der Waals surface area contributed by atoms with Crippen LogP contribution >= 0.6 is 0 Å². The van der Waals surface area contributed by atoms with Gasteiger partial charge in [-0.2, -0.15) is 0 Å². The number of halogens is 1. The van der Waals surface area contributed by atoms with Crippen LogP contribution in [0.25, 0.3) is 11.1 Å². The summed E-state index contributed by atoms with van der Waals surface area (Å²) in [7, 11) is 0. The molecular weight excluding hydrogens is 609 g/mol. The molecule has 2 saturated carbocycles. The van der Waals surface area contributed by atoms with Gasteiger partial charge >= 0.3 is 0 Å². The number of hydrogen-bond acceptors (Lipinski definition) is 3. The van der Waals surface area contributed by atoms with E-state index in [1.165, 1.54) is 31.2 Å². The standard InChI is InChI=1S/C44H58FNO3/c1-3-4-5-6-7-12-25-46(41(49)27-31-17-19-33(20-18-31)32-14-9-8-10-15-32)26-13-11-16-34-28-35-29-36(47)21-22-37(35)43-39(45)30-44(2)38(42(34)43)23-24-40(44)48/h8-10,14-15,17-22,29,34,38-40,42-43,47-48H,3-7,11-13,16,23-28,30H2,1-2H3/t34-,38?,39+,40+,42?,43?,44+/m1/s1. The Morgan fingerprint density at radius 3 is 2.33 bits per heavy atom. The molecule has 2 N–H and O–H groups in total. The minimum absolute atomic E-state index is 0.170. The Hall–Kier alpha value is -3.18. The van der Waals surface area contributed by atoms with Crippen LogP contribution in [-0.4, -0.2) is 46.4 Å². The molecule has 3 aromatic carbocycles. The number of aliphatic hydroxyl groups is 1. The molecule has 0 spiro atoms. The number of fused-ring (bicyclic) bond motifs is 5. The summed E-state index contributed by atoms with van der Waals surface area (Å²) in [6, 6.07) is 24.3. The molecule has 0 bridgehead atoms. The van der Waals surface area contributed by atoms with Crippen LogP contribution in [-0.2, 0) is 17.6 Å². The van der Waals surface area contributed by atoms with Gasteiger partial charge in [0.05, 0.1) is 12.5 Å². The van der Waals surface area contributed by atoms with Crippen LogP contribution in [0.5, 0.6) is 5.75 Å². The third-order valence-corrected chi connectivity index (χ3v) is 12.6. The molecule has 2 fully saturated rings. The van der Waals surface area contributed by atoms with Crippen molar-refractivity contribution in [3.05, 3.63) is 89.5 Å². The first-order chi connectivity index (χ1) is 23.8. The van der Waals surface area contributed by atoms with Gasteiger partial charge in [0.25, 0.3) is 0 Å². The molecule has 6 rings (SSSR count). The van der Waals surface area contributed by atoms with E-state index in [0.29, 0.717) is 24.7 Å². The first-order valence-corrected chi connectivity index (χ1v) is 19.3. The smallest absolute Gasteiger partial charge is 0.226 e. The lowest BCUT2D eigenvalue weighted by molar-refractivity contribution is -0.130. The largest absolute Gasteiger partial charge is 0.508 e. The molecule has 1 amide bonds. The monoisotopic (exact) mass is 667 g/mol. The SMILES string of the molecule is CCCCCCCCN(CCCC[C@@H]1Cc2cc(O)ccc2C2C1C1CC[C@H](O)[C@@]1(C)C[C@@H]2F)C(=O)Cc1ccc(-c2ccccc2)cc1. The normalized spacial score (nSPS) is 27.3. The fraction of sp³-hybridized carbons (Fsp3) is 0.568. The van der Waals surface area contributed by atoms with Gasteiger partial charge in [0.15, 0.2) is 0 Å². The predicted octanol–water partition coefficient (Wildman–Crippen LogP) is 10.1. The fourth-order valence-electron chi connectivity index (χ4n) is 9.92. The maximum Gasteiger partial charge on any atom is 0.226 e. The zero-order valence-electron chi connectivity index (χ0n) is 29.8. The average Bonchev–Trinajstić information content (AvgIpc) is 3.40. The highest BCUT2D eigenvalue weighted by Gasteiger charge is 2.59. The van der Waals surface area contributed by atoms with Crippen molar-refractivity contribution >= 4 is 5.91 Å². The first-order valence-electron chi connectivity index (χ1n) is 19.3. The van der Waals surface area contributed by atoms with Crippen LogP contribution in [0.15, 0.2) is 72.8 Å². The molecule has 3 aromatic rings. The van der Waals surface area contributed by atoms with Crippen molar-refractivity contribution < 1.29 is 19.4 Å². The second-order valence-electron chi connectivity index (χ2n) is 15.8. The van der Waals surface area contributed by atoms with Crippen molar-refractivity contribution in [2.45, 2.75) is 122 Å². The van der Waals surface area contributed by atoms with E-state index in [-0.39, 0.29) is 28.9 Å². The van der Waals surface area contributed by atoms with Crippen molar-refractivity contribution in [3.63, 3.8) is 0 Å². The van der Waals surface area contributed by atoms with Crippen LogP contribution < -0.4 is 0 Å². The van der Waals surface area contributed by atoms with Gasteiger partial charge in [-0.15, -0.1) is 0 Å². The summed E-state index contributed by atoms with van der Waals surface area (Å²) in [5.41, 5.74) is 5.18. The van der Waals surface area contributed by atoms with Gasteiger partial charge in [-0.1, -0.05) is 113 Å². The highest BCUT2D eigenvalue weighted by molar-refractivity contribution is 5.79. The molecule has 0 radical (unpaired) electrons. The molecule has 0 aliphatic heterocycles. The molecular formula is C44H58FNO3. The third kappa shape index (κ3) is 8.08. The van der Waals surface area contributed by atoms with E-state index in [9.17, 15) is 15.0 Å².